The molecule has 2 heteroatoms. The normalized spacial score (nSPS) is 12.8. The number of fused-ring (bicyclic) bond motifs is 3. The predicted octanol–water partition coefficient (Wildman–Crippen LogP) is 35.9. The molecule has 14 rings (SSSR count). The maximum atomic E-state index is 12.6. The van der Waals surface area contributed by atoms with Gasteiger partial charge in [-0.2, -0.15) is 0 Å². The van der Waals surface area contributed by atoms with Crippen LogP contribution in [-0.4, -0.2) is 10.9 Å². The summed E-state index contributed by atoms with van der Waals surface area (Å²) in [5.74, 6) is 9.17. The van der Waals surface area contributed by atoms with Crippen molar-refractivity contribution in [3.8, 4) is 68.7 Å². The van der Waals surface area contributed by atoms with Crippen LogP contribution >= 0.6 is 0 Å². The molecule has 0 atom stereocenters. The molecule has 0 radical (unpaired) electrons. The van der Waals surface area contributed by atoms with Crippen LogP contribution < -0.4 is 0 Å². The number of hydrogen-bond acceptors (Lipinski definition) is 2. The lowest BCUT2D eigenvalue weighted by Crippen LogP contribution is -2.26. The molecule has 0 spiro atoms. The van der Waals surface area contributed by atoms with E-state index >= 15 is 0 Å². The molecule has 0 amide bonds. The van der Waals surface area contributed by atoms with E-state index in [0.29, 0.717) is 0 Å². The summed E-state index contributed by atoms with van der Waals surface area (Å²) in [5, 5.41) is 19.8. The van der Waals surface area contributed by atoms with Crippen molar-refractivity contribution in [3.63, 3.8) is 0 Å². The van der Waals surface area contributed by atoms with Crippen LogP contribution in [0.25, 0.3) is 76.8 Å². The van der Waals surface area contributed by atoms with Crippen molar-refractivity contribution < 1.29 is 9.90 Å². The number of hydrogen-bond donors (Lipinski definition) is 1. The van der Waals surface area contributed by atoms with Crippen molar-refractivity contribution >= 4 is 38.1 Å². The third-order valence-electron chi connectivity index (χ3n) is 26.7. The van der Waals surface area contributed by atoms with E-state index in [1.165, 1.54) is 144 Å². The Morgan fingerprint density at radius 1 is 0.209 bits per heavy atom. The van der Waals surface area contributed by atoms with Gasteiger partial charge >= 0.3 is 0 Å². The number of carbonyl (C=O) groups is 1. The fourth-order valence-electron chi connectivity index (χ4n) is 17.3. The molecule has 14 aromatic rings. The standard InChI is InChI=1S/C66H76.C33H40O.C21H26O.C12H14/c1-61(2,3)45-27-19-41(20-28-45)55-51-37-35-49(65(13,14)15)39-53(51)58(44-25-33-48(34-26-44)64(10,11)12)60-56(42-21-29-46(30-22-42)62(4,5)6)52-38-36-50(66(16,17)18)40-54(52)57(59(55)60)43-23-31-47(32-24-43)63(7,8)9;1-30(2,3)25-12-10-24(11-13-25)22-23-33(34,28-18-14-26(15-19-28)31(4,5)6)29-20-16-27(17-21-29)32(7,8)9;1-20(2,3)17-11-7-15(8-12-17)19(22)16-9-13-18(14-10-16)21(4,5)6;1-5-10-6-8-11(9-7-10)12(2,3)4/h19-40H,1-18H3;10-21,34H,1-9H3;7-14H,1-6H3;1,6-9H,2-4H3. The van der Waals surface area contributed by atoms with E-state index in [1.807, 2.05) is 72.8 Å². The zero-order chi connectivity index (χ0) is 99.2. The lowest BCUT2D eigenvalue weighted by molar-refractivity contribution is 0.103. The third kappa shape index (κ3) is 24.3. The van der Waals surface area contributed by atoms with Gasteiger partial charge in [0.05, 0.1) is 0 Å². The Balaban J connectivity index is 0.000000208. The fraction of sp³-hybridized carbons (Fsp3) is 0.371. The van der Waals surface area contributed by atoms with Crippen LogP contribution in [0.4, 0.5) is 0 Å². The van der Waals surface area contributed by atoms with E-state index in [4.69, 9.17) is 6.42 Å². The Hall–Kier alpha value is -11.4. The number of ketones is 1. The summed E-state index contributed by atoms with van der Waals surface area (Å²) in [6.45, 7) is 81.3. The monoisotopic (exact) mass is 1770 g/mol. The molecule has 0 bridgehead atoms. The van der Waals surface area contributed by atoms with Gasteiger partial charge in [0.25, 0.3) is 0 Å². The highest BCUT2D eigenvalue weighted by atomic mass is 16.3. The highest BCUT2D eigenvalue weighted by molar-refractivity contribution is 6.34. The molecule has 0 saturated carbocycles. The number of terminal acetylenes is 1. The molecule has 0 aliphatic heterocycles. The van der Waals surface area contributed by atoms with Crippen LogP contribution in [0.5, 0.6) is 0 Å². The molecule has 0 unspecified atom stereocenters. The molecule has 0 heterocycles. The lowest BCUT2D eigenvalue weighted by atomic mass is 9.74. The second-order valence-electron chi connectivity index (χ2n) is 50.0. The van der Waals surface area contributed by atoms with Gasteiger partial charge in [-0.25, -0.2) is 0 Å². The highest BCUT2D eigenvalue weighted by Gasteiger charge is 2.34. The zero-order valence-corrected chi connectivity index (χ0v) is 88.5. The van der Waals surface area contributed by atoms with Gasteiger partial charge in [-0.05, 0) is 245 Å². The Labute approximate surface area is 810 Å². The highest BCUT2D eigenvalue weighted by Crippen LogP contribution is 2.56. The van der Waals surface area contributed by atoms with Gasteiger partial charge < -0.3 is 5.11 Å². The molecule has 14 aromatic carbocycles. The molecule has 0 aliphatic rings. The van der Waals surface area contributed by atoms with E-state index in [1.54, 1.807) is 0 Å². The van der Waals surface area contributed by atoms with Crippen LogP contribution in [0, 0.1) is 24.2 Å². The Morgan fingerprint density at radius 3 is 0.590 bits per heavy atom. The van der Waals surface area contributed by atoms with E-state index in [2.05, 4.69) is 473 Å². The average Bonchev–Trinajstić information content (AvgIpc) is 0.690. The number of rotatable bonds is 8. The quantitative estimate of drug-likeness (QED) is 0.0935. The van der Waals surface area contributed by atoms with Crippen LogP contribution in [0.3, 0.4) is 0 Å². The first kappa shape index (κ1) is 103. The summed E-state index contributed by atoms with van der Waals surface area (Å²) in [7, 11) is 0. The molecule has 0 saturated heterocycles. The summed E-state index contributed by atoms with van der Waals surface area (Å²) >= 11 is 0. The van der Waals surface area contributed by atoms with Crippen molar-refractivity contribution in [2.75, 3.05) is 0 Å². The maximum Gasteiger partial charge on any atom is 0.193 e. The van der Waals surface area contributed by atoms with Gasteiger partial charge in [0, 0.05) is 33.4 Å². The van der Waals surface area contributed by atoms with Crippen molar-refractivity contribution in [1.29, 1.82) is 0 Å². The average molecular weight is 1770 g/mol. The van der Waals surface area contributed by atoms with E-state index < -0.39 is 5.60 Å². The largest absolute Gasteiger partial charge is 0.369 e. The Morgan fingerprint density at radius 2 is 0.381 bits per heavy atom. The lowest BCUT2D eigenvalue weighted by Gasteiger charge is -2.29. The second kappa shape index (κ2) is 38.4. The van der Waals surface area contributed by atoms with E-state index in [0.717, 1.165) is 33.4 Å². The first-order valence-corrected chi connectivity index (χ1v) is 48.7. The molecular formula is C132H156O2. The maximum absolute atomic E-state index is 12.6. The molecular weight excluding hydrogens is 1620 g/mol. The van der Waals surface area contributed by atoms with Crippen LogP contribution in [-0.2, 0) is 70.6 Å². The SMILES string of the molecule is C#Cc1ccc(C(C)(C)C)cc1.CC(C)(C)c1ccc(-c2c3ccc(C(C)(C)C)cc3c(-c3ccc(C(C)(C)C)cc3)c3c(-c4ccc(C(C)(C)C)cc4)c4ccc(C(C)(C)C)cc4c(-c4ccc(C(C)(C)C)cc4)c23)cc1.CC(C)(C)c1ccc(C#CC(O)(c2ccc(C(C)(C)C)cc2)c2ccc(C(C)(C)C)cc2)cc1.CC(C)(C)c1ccc(C(=O)c2ccc(C(C)(C)C)cc2)cc1. The van der Waals surface area contributed by atoms with Crippen LogP contribution in [0.15, 0.2) is 279 Å². The van der Waals surface area contributed by atoms with E-state index in [9.17, 15) is 9.90 Å². The van der Waals surface area contributed by atoms with Crippen molar-refractivity contribution in [2.45, 2.75) is 320 Å². The first-order chi connectivity index (χ1) is 61.8. The molecule has 0 aromatic heterocycles. The Bertz CT molecular complexity index is 6240. The zero-order valence-electron chi connectivity index (χ0n) is 88.5. The molecule has 0 fully saturated rings. The number of carbonyl (C=O) groups excluding carboxylic acids is 1. The number of aliphatic hydroxyl groups is 1. The Kier molecular flexibility index (Phi) is 29.6. The first-order valence-electron chi connectivity index (χ1n) is 48.7. The fourth-order valence-corrected chi connectivity index (χ4v) is 17.3. The van der Waals surface area contributed by atoms with Gasteiger partial charge in [0.15, 0.2) is 11.4 Å². The minimum atomic E-state index is -1.41. The van der Waals surface area contributed by atoms with Gasteiger partial charge in [-0.1, -0.05) is 510 Å². The summed E-state index contributed by atoms with van der Waals surface area (Å²) in [6.07, 6.45) is 5.26. The molecule has 1 N–H and O–H groups in total. The van der Waals surface area contributed by atoms with Crippen LogP contribution in [0.2, 0.25) is 0 Å². The van der Waals surface area contributed by atoms with Gasteiger partial charge in [0.1, 0.15) is 0 Å². The predicted molar refractivity (Wildman–Crippen MR) is 585 cm³/mol. The summed E-state index contributed by atoms with van der Waals surface area (Å²) in [5.41, 5.74) is 29.8. The van der Waals surface area contributed by atoms with Gasteiger partial charge in [-0.3, -0.25) is 4.79 Å². The summed E-state index contributed by atoms with van der Waals surface area (Å²) in [4.78, 5) is 12.6. The van der Waals surface area contributed by atoms with E-state index in [-0.39, 0.29) is 70.8 Å². The van der Waals surface area contributed by atoms with Crippen molar-refractivity contribution in [1.82, 2.24) is 0 Å². The second-order valence-corrected chi connectivity index (χ2v) is 50.0. The van der Waals surface area contributed by atoms with Crippen molar-refractivity contribution in [3.05, 3.63) is 379 Å². The van der Waals surface area contributed by atoms with Gasteiger partial charge in [0.2, 0.25) is 0 Å². The van der Waals surface area contributed by atoms with Crippen LogP contribution in [0.1, 0.15) is 354 Å². The molecule has 134 heavy (non-hydrogen) atoms. The minimum Gasteiger partial charge on any atom is -0.369 e. The summed E-state index contributed by atoms with van der Waals surface area (Å²) in [6, 6.07) is 102. The molecule has 2 nitrogen and oxygen atoms in total. The summed E-state index contributed by atoms with van der Waals surface area (Å²) < 4.78 is 0. The van der Waals surface area contributed by atoms with Gasteiger partial charge in [-0.15, -0.1) is 6.42 Å². The number of benzene rings is 14. The topological polar surface area (TPSA) is 37.3 Å². The minimum absolute atomic E-state index is 0.0262. The van der Waals surface area contributed by atoms with Crippen molar-refractivity contribution in [2.24, 2.45) is 0 Å². The third-order valence-corrected chi connectivity index (χ3v) is 26.7. The smallest absolute Gasteiger partial charge is 0.193 e. The molecule has 696 valence electrons. The molecule has 0 aliphatic carbocycles.